The van der Waals surface area contributed by atoms with Gasteiger partial charge in [-0.3, -0.25) is 4.79 Å². The fourth-order valence-corrected chi connectivity index (χ4v) is 3.90. The fourth-order valence-electron chi connectivity index (χ4n) is 3.90. The van der Waals surface area contributed by atoms with Crippen molar-refractivity contribution in [3.05, 3.63) is 59.7 Å². The zero-order valence-electron chi connectivity index (χ0n) is 18.2. The SMILES string of the molecule is CNC(C(=O)OCC(O)COc1ccc(C2Cc3ccccc3N2C)cc1)C(C)C. The molecule has 0 aliphatic carbocycles. The van der Waals surface area contributed by atoms with E-state index in [0.29, 0.717) is 11.8 Å². The summed E-state index contributed by atoms with van der Waals surface area (Å²) in [5.41, 5.74) is 3.86. The third-order valence-corrected chi connectivity index (χ3v) is 5.61. The van der Waals surface area contributed by atoms with E-state index in [0.717, 1.165) is 6.42 Å². The van der Waals surface area contributed by atoms with Crippen molar-refractivity contribution in [3.8, 4) is 5.75 Å². The van der Waals surface area contributed by atoms with Crippen LogP contribution in [0.2, 0.25) is 0 Å². The van der Waals surface area contributed by atoms with E-state index in [9.17, 15) is 9.90 Å². The van der Waals surface area contributed by atoms with E-state index in [4.69, 9.17) is 9.47 Å². The van der Waals surface area contributed by atoms with Crippen LogP contribution in [0.3, 0.4) is 0 Å². The second kappa shape index (κ2) is 9.96. The summed E-state index contributed by atoms with van der Waals surface area (Å²) >= 11 is 0. The van der Waals surface area contributed by atoms with Gasteiger partial charge in [-0.2, -0.15) is 0 Å². The monoisotopic (exact) mass is 412 g/mol. The van der Waals surface area contributed by atoms with Crippen molar-refractivity contribution in [3.63, 3.8) is 0 Å². The maximum absolute atomic E-state index is 12.0. The molecule has 6 heteroatoms. The summed E-state index contributed by atoms with van der Waals surface area (Å²) in [6, 6.07) is 16.4. The van der Waals surface area contributed by atoms with Crippen molar-refractivity contribution in [2.24, 2.45) is 5.92 Å². The lowest BCUT2D eigenvalue weighted by molar-refractivity contribution is -0.150. The number of nitrogens with one attached hydrogen (secondary N) is 1. The summed E-state index contributed by atoms with van der Waals surface area (Å²) in [5.74, 6) is 0.427. The van der Waals surface area contributed by atoms with Crippen LogP contribution < -0.4 is 15.0 Å². The van der Waals surface area contributed by atoms with E-state index < -0.39 is 6.10 Å². The van der Waals surface area contributed by atoms with Gasteiger partial charge >= 0.3 is 5.97 Å². The minimum Gasteiger partial charge on any atom is -0.491 e. The summed E-state index contributed by atoms with van der Waals surface area (Å²) in [6.07, 6.45) is 0.106. The summed E-state index contributed by atoms with van der Waals surface area (Å²) in [5, 5.41) is 13.0. The number of carbonyl (C=O) groups is 1. The molecule has 1 heterocycles. The lowest BCUT2D eigenvalue weighted by Gasteiger charge is -2.23. The Morgan fingerprint density at radius 1 is 1.17 bits per heavy atom. The predicted octanol–water partition coefficient (Wildman–Crippen LogP) is 2.95. The standard InChI is InChI=1S/C24H32N2O4/c1-16(2)23(25-3)24(28)30-15-19(27)14-29-20-11-9-17(10-12-20)22-13-18-7-5-6-8-21(18)26(22)4/h5-12,16,19,22-23,25,27H,13-15H2,1-4H3. The molecule has 2 N–H and O–H groups in total. The topological polar surface area (TPSA) is 71.0 Å². The van der Waals surface area contributed by atoms with Gasteiger partial charge in [0.15, 0.2) is 0 Å². The van der Waals surface area contributed by atoms with Gasteiger partial charge in [0.1, 0.15) is 31.1 Å². The molecule has 3 rings (SSSR count). The molecule has 3 atom stereocenters. The molecule has 0 saturated carbocycles. The number of hydrogen-bond acceptors (Lipinski definition) is 6. The van der Waals surface area contributed by atoms with E-state index >= 15 is 0 Å². The van der Waals surface area contributed by atoms with Crippen molar-refractivity contribution >= 4 is 11.7 Å². The predicted molar refractivity (Wildman–Crippen MR) is 118 cm³/mol. The Morgan fingerprint density at radius 3 is 2.50 bits per heavy atom. The summed E-state index contributed by atoms with van der Waals surface area (Å²) in [4.78, 5) is 14.3. The van der Waals surface area contributed by atoms with Gasteiger partial charge < -0.3 is 24.8 Å². The number of aliphatic hydroxyl groups is 1. The van der Waals surface area contributed by atoms with Crippen LogP contribution in [0.4, 0.5) is 5.69 Å². The van der Waals surface area contributed by atoms with E-state index in [1.54, 1.807) is 7.05 Å². The first-order valence-electron chi connectivity index (χ1n) is 10.5. The number of anilines is 1. The van der Waals surface area contributed by atoms with Crippen LogP contribution in [0.1, 0.15) is 31.0 Å². The summed E-state index contributed by atoms with van der Waals surface area (Å²) < 4.78 is 10.9. The van der Waals surface area contributed by atoms with E-state index in [-0.39, 0.29) is 31.1 Å². The molecule has 2 aromatic carbocycles. The number of para-hydroxylation sites is 1. The van der Waals surface area contributed by atoms with Crippen LogP contribution in [-0.4, -0.2) is 50.5 Å². The first-order chi connectivity index (χ1) is 14.4. The number of esters is 1. The van der Waals surface area contributed by atoms with Gasteiger partial charge in [-0.25, -0.2) is 0 Å². The highest BCUT2D eigenvalue weighted by Gasteiger charge is 2.27. The number of likely N-dealkylation sites (N-methyl/N-ethyl adjacent to an activating group) is 2. The molecule has 1 aliphatic rings. The Balaban J connectivity index is 1.48. The van der Waals surface area contributed by atoms with Gasteiger partial charge in [0.2, 0.25) is 0 Å². The minimum absolute atomic E-state index is 0.0628. The molecule has 30 heavy (non-hydrogen) atoms. The molecule has 0 bridgehead atoms. The Hall–Kier alpha value is -2.57. The van der Waals surface area contributed by atoms with Gasteiger partial charge in [0, 0.05) is 12.7 Å². The largest absolute Gasteiger partial charge is 0.491 e. The maximum Gasteiger partial charge on any atom is 0.323 e. The number of ether oxygens (including phenoxy) is 2. The number of hydrogen-bond donors (Lipinski definition) is 2. The third kappa shape index (κ3) is 5.12. The summed E-state index contributed by atoms with van der Waals surface area (Å²) in [7, 11) is 3.84. The third-order valence-electron chi connectivity index (χ3n) is 5.61. The average molecular weight is 413 g/mol. The second-order valence-electron chi connectivity index (χ2n) is 8.13. The van der Waals surface area contributed by atoms with Gasteiger partial charge in [-0.1, -0.05) is 44.2 Å². The van der Waals surface area contributed by atoms with Crippen molar-refractivity contribution in [1.82, 2.24) is 5.32 Å². The van der Waals surface area contributed by atoms with Crippen molar-refractivity contribution in [2.75, 3.05) is 32.2 Å². The molecule has 0 aromatic heterocycles. The van der Waals surface area contributed by atoms with E-state index in [1.807, 2.05) is 26.0 Å². The van der Waals surface area contributed by atoms with Crippen molar-refractivity contribution < 1.29 is 19.4 Å². The highest BCUT2D eigenvalue weighted by atomic mass is 16.5. The number of fused-ring (bicyclic) bond motifs is 1. The van der Waals surface area contributed by atoms with Crippen LogP contribution in [-0.2, 0) is 16.0 Å². The Labute approximate surface area is 178 Å². The van der Waals surface area contributed by atoms with E-state index in [2.05, 4.69) is 53.7 Å². The second-order valence-corrected chi connectivity index (χ2v) is 8.13. The Kier molecular flexibility index (Phi) is 7.34. The number of rotatable bonds is 9. The Morgan fingerprint density at radius 2 is 1.87 bits per heavy atom. The normalized spacial score (nSPS) is 17.5. The first kappa shape index (κ1) is 22.1. The van der Waals surface area contributed by atoms with Gasteiger partial charge in [-0.05, 0) is 48.7 Å². The molecule has 0 saturated heterocycles. The molecule has 0 spiro atoms. The molecule has 6 nitrogen and oxygen atoms in total. The maximum atomic E-state index is 12.0. The molecule has 0 fully saturated rings. The lowest BCUT2D eigenvalue weighted by atomic mass is 10.0. The van der Waals surface area contributed by atoms with Crippen LogP contribution in [0.5, 0.6) is 5.75 Å². The highest BCUT2D eigenvalue weighted by molar-refractivity contribution is 5.76. The zero-order chi connectivity index (χ0) is 21.7. The highest BCUT2D eigenvalue weighted by Crippen LogP contribution is 2.39. The quantitative estimate of drug-likeness (QED) is 0.617. The minimum atomic E-state index is -0.881. The van der Waals surface area contributed by atoms with Crippen LogP contribution in [0, 0.1) is 5.92 Å². The molecular formula is C24H32N2O4. The number of carbonyl (C=O) groups excluding carboxylic acids is 1. The molecule has 0 amide bonds. The lowest BCUT2D eigenvalue weighted by Crippen LogP contribution is -2.41. The number of nitrogens with zero attached hydrogens (tertiary/aromatic N) is 1. The van der Waals surface area contributed by atoms with Crippen LogP contribution >= 0.6 is 0 Å². The van der Waals surface area contributed by atoms with Crippen molar-refractivity contribution in [1.29, 1.82) is 0 Å². The van der Waals surface area contributed by atoms with Gasteiger partial charge in [0.05, 0.1) is 6.04 Å². The van der Waals surface area contributed by atoms with Crippen molar-refractivity contribution in [2.45, 2.75) is 38.5 Å². The number of aliphatic hydroxyl groups excluding tert-OH is 1. The zero-order valence-corrected chi connectivity index (χ0v) is 18.2. The molecule has 1 aliphatic heterocycles. The first-order valence-corrected chi connectivity index (χ1v) is 10.5. The molecule has 2 aromatic rings. The van der Waals surface area contributed by atoms with Crippen LogP contribution in [0.15, 0.2) is 48.5 Å². The molecule has 162 valence electrons. The fraction of sp³-hybridized carbons (Fsp3) is 0.458. The Bertz CT molecular complexity index is 837. The average Bonchev–Trinajstić information content (AvgIpc) is 3.08. The molecular weight excluding hydrogens is 380 g/mol. The van der Waals surface area contributed by atoms with Gasteiger partial charge in [-0.15, -0.1) is 0 Å². The van der Waals surface area contributed by atoms with Gasteiger partial charge in [0.25, 0.3) is 0 Å². The summed E-state index contributed by atoms with van der Waals surface area (Å²) in [6.45, 7) is 3.85. The molecule has 0 radical (unpaired) electrons. The molecule has 3 unspecified atom stereocenters. The number of benzene rings is 2. The van der Waals surface area contributed by atoms with Crippen LogP contribution in [0.25, 0.3) is 0 Å². The van der Waals surface area contributed by atoms with E-state index in [1.165, 1.54) is 16.8 Å². The smallest absolute Gasteiger partial charge is 0.323 e.